The Hall–Kier alpha value is -1.76. The molecule has 0 aromatic heterocycles. The third-order valence-corrected chi connectivity index (χ3v) is 5.49. The monoisotopic (exact) mass is 298 g/mol. The summed E-state index contributed by atoms with van der Waals surface area (Å²) < 4.78 is 28.5. The number of rotatable bonds is 5. The highest BCUT2D eigenvalue weighted by molar-refractivity contribution is 7.92. The predicted octanol–water partition coefficient (Wildman–Crippen LogP) is 0.341. The minimum atomic E-state index is -3.03. The predicted molar refractivity (Wildman–Crippen MR) is 76.2 cm³/mol. The number of carbonyl (C=O) groups excluding carboxylic acids is 1. The molecule has 0 saturated carbocycles. The molecule has 1 heterocycles. The van der Waals surface area contributed by atoms with Gasteiger partial charge in [-0.15, -0.1) is 0 Å². The van der Waals surface area contributed by atoms with E-state index in [4.69, 9.17) is 10.5 Å². The fourth-order valence-corrected chi connectivity index (χ4v) is 3.88. The summed E-state index contributed by atoms with van der Waals surface area (Å²) in [7, 11) is -3.03. The molecular weight excluding hydrogens is 280 g/mol. The summed E-state index contributed by atoms with van der Waals surface area (Å²) in [6.07, 6.45) is 1.28. The number of nitrogens with one attached hydrogen (secondary N) is 1. The first-order chi connectivity index (χ1) is 9.47. The molecule has 6 nitrogen and oxygen atoms in total. The highest BCUT2D eigenvalue weighted by Gasteiger charge is 2.31. The smallest absolute Gasteiger partial charge is 0.257 e. The van der Waals surface area contributed by atoms with Crippen LogP contribution in [0.15, 0.2) is 24.3 Å². The Kier molecular flexibility index (Phi) is 4.49. The van der Waals surface area contributed by atoms with Gasteiger partial charge in [-0.05, 0) is 25.0 Å². The Morgan fingerprint density at radius 2 is 2.25 bits per heavy atom. The number of sulfone groups is 1. The molecule has 1 aliphatic rings. The van der Waals surface area contributed by atoms with Crippen LogP contribution in [0.4, 0.5) is 5.69 Å². The van der Waals surface area contributed by atoms with Crippen molar-refractivity contribution in [3.8, 4) is 5.75 Å². The molecule has 0 bridgehead atoms. The summed E-state index contributed by atoms with van der Waals surface area (Å²) in [5, 5.41) is 2.13. The van der Waals surface area contributed by atoms with Gasteiger partial charge in [-0.3, -0.25) is 4.79 Å². The average Bonchev–Trinajstić information content (AvgIpc) is 2.73. The minimum absolute atomic E-state index is 0.154. The fourth-order valence-electron chi connectivity index (χ4n) is 2.12. The van der Waals surface area contributed by atoms with Crippen LogP contribution in [-0.4, -0.2) is 38.5 Å². The van der Waals surface area contributed by atoms with E-state index in [1.54, 1.807) is 24.3 Å². The Balaban J connectivity index is 1.76. The third kappa shape index (κ3) is 3.86. The van der Waals surface area contributed by atoms with Crippen molar-refractivity contribution in [3.63, 3.8) is 0 Å². The van der Waals surface area contributed by atoms with Crippen molar-refractivity contribution in [2.24, 2.45) is 0 Å². The number of hydrogen-bond donors (Lipinski definition) is 2. The Labute approximate surface area is 118 Å². The van der Waals surface area contributed by atoms with Gasteiger partial charge in [0.25, 0.3) is 5.91 Å². The first-order valence-electron chi connectivity index (χ1n) is 6.44. The summed E-state index contributed by atoms with van der Waals surface area (Å²) in [5.41, 5.74) is 6.14. The molecule has 1 saturated heterocycles. The van der Waals surface area contributed by atoms with Gasteiger partial charge < -0.3 is 15.8 Å². The van der Waals surface area contributed by atoms with Crippen LogP contribution >= 0.6 is 0 Å². The van der Waals surface area contributed by atoms with Crippen LogP contribution in [0.5, 0.6) is 5.75 Å². The number of benzene rings is 1. The first kappa shape index (κ1) is 14.6. The van der Waals surface area contributed by atoms with Crippen molar-refractivity contribution in [2.45, 2.75) is 18.1 Å². The van der Waals surface area contributed by atoms with E-state index in [9.17, 15) is 13.2 Å². The van der Waals surface area contributed by atoms with E-state index in [2.05, 4.69) is 5.32 Å². The van der Waals surface area contributed by atoms with Crippen molar-refractivity contribution in [2.75, 3.05) is 24.6 Å². The lowest BCUT2D eigenvalue weighted by Gasteiger charge is -2.11. The SMILES string of the molecule is Nc1cccc(OCC(=O)NCC2CCCS2(=O)=O)c1. The zero-order valence-corrected chi connectivity index (χ0v) is 11.9. The molecule has 1 fully saturated rings. The van der Waals surface area contributed by atoms with Crippen molar-refractivity contribution in [1.29, 1.82) is 0 Å². The van der Waals surface area contributed by atoms with Gasteiger partial charge in [-0.2, -0.15) is 0 Å². The van der Waals surface area contributed by atoms with E-state index in [0.717, 1.165) is 0 Å². The molecule has 1 aromatic rings. The van der Waals surface area contributed by atoms with E-state index < -0.39 is 15.1 Å². The summed E-state index contributed by atoms with van der Waals surface area (Å²) in [6, 6.07) is 6.77. The zero-order chi connectivity index (χ0) is 14.6. The van der Waals surface area contributed by atoms with Crippen molar-refractivity contribution >= 4 is 21.4 Å². The second-order valence-electron chi connectivity index (χ2n) is 4.80. The third-order valence-electron chi connectivity index (χ3n) is 3.22. The van der Waals surface area contributed by atoms with Crippen LogP contribution in [-0.2, 0) is 14.6 Å². The largest absolute Gasteiger partial charge is 0.484 e. The number of nitrogen functional groups attached to an aromatic ring is 1. The molecule has 1 atom stereocenters. The van der Waals surface area contributed by atoms with Gasteiger partial charge >= 0.3 is 0 Å². The maximum absolute atomic E-state index is 11.6. The van der Waals surface area contributed by atoms with Crippen LogP contribution in [0.2, 0.25) is 0 Å². The molecule has 3 N–H and O–H groups in total. The van der Waals surface area contributed by atoms with Gasteiger partial charge in [0.15, 0.2) is 16.4 Å². The number of ether oxygens (including phenoxy) is 1. The molecule has 1 aliphatic heterocycles. The molecule has 7 heteroatoms. The summed E-state index contributed by atoms with van der Waals surface area (Å²) in [6.45, 7) is -0.00231. The first-order valence-corrected chi connectivity index (χ1v) is 8.15. The number of anilines is 1. The van der Waals surface area contributed by atoms with Gasteiger partial charge in [-0.1, -0.05) is 6.07 Å². The standard InChI is InChI=1S/C13H18N2O4S/c14-10-3-1-4-11(7-10)19-9-13(16)15-8-12-5-2-6-20(12,17)18/h1,3-4,7,12H,2,5-6,8-9,14H2,(H,15,16). The highest BCUT2D eigenvalue weighted by Crippen LogP contribution is 2.19. The van der Waals surface area contributed by atoms with Crippen LogP contribution in [0.25, 0.3) is 0 Å². The molecule has 0 spiro atoms. The number of hydrogen-bond acceptors (Lipinski definition) is 5. The molecule has 1 amide bonds. The Morgan fingerprint density at radius 3 is 2.90 bits per heavy atom. The quantitative estimate of drug-likeness (QED) is 0.764. The Morgan fingerprint density at radius 1 is 1.45 bits per heavy atom. The number of nitrogens with two attached hydrogens (primary N) is 1. The van der Waals surface area contributed by atoms with Gasteiger partial charge in [0.2, 0.25) is 0 Å². The van der Waals surface area contributed by atoms with Crippen molar-refractivity contribution < 1.29 is 17.9 Å². The molecule has 1 unspecified atom stereocenters. The Bertz CT molecular complexity index is 586. The van der Waals surface area contributed by atoms with E-state index >= 15 is 0 Å². The van der Waals surface area contributed by atoms with E-state index in [1.807, 2.05) is 0 Å². The second kappa shape index (κ2) is 6.13. The topological polar surface area (TPSA) is 98.5 Å². The molecule has 20 heavy (non-hydrogen) atoms. The van der Waals surface area contributed by atoms with Crippen LogP contribution in [0.1, 0.15) is 12.8 Å². The summed E-state index contributed by atoms with van der Waals surface area (Å²) >= 11 is 0. The van der Waals surface area contributed by atoms with Crippen LogP contribution in [0, 0.1) is 0 Å². The minimum Gasteiger partial charge on any atom is -0.484 e. The number of amides is 1. The molecule has 0 aliphatic carbocycles. The highest BCUT2D eigenvalue weighted by atomic mass is 32.2. The fraction of sp³-hybridized carbons (Fsp3) is 0.462. The van der Waals surface area contributed by atoms with Gasteiger partial charge in [-0.25, -0.2) is 8.42 Å². The lowest BCUT2D eigenvalue weighted by molar-refractivity contribution is -0.123. The maximum Gasteiger partial charge on any atom is 0.257 e. The van der Waals surface area contributed by atoms with Crippen LogP contribution in [0.3, 0.4) is 0 Å². The zero-order valence-electron chi connectivity index (χ0n) is 11.0. The molecular formula is C13H18N2O4S. The molecule has 110 valence electrons. The molecule has 2 rings (SSSR count). The maximum atomic E-state index is 11.6. The summed E-state index contributed by atoms with van der Waals surface area (Å²) in [4.78, 5) is 11.6. The lowest BCUT2D eigenvalue weighted by Crippen LogP contribution is -2.37. The average molecular weight is 298 g/mol. The van der Waals surface area contributed by atoms with Crippen molar-refractivity contribution in [3.05, 3.63) is 24.3 Å². The van der Waals surface area contributed by atoms with Gasteiger partial charge in [0.05, 0.1) is 11.0 Å². The van der Waals surface area contributed by atoms with E-state index in [0.29, 0.717) is 24.3 Å². The van der Waals surface area contributed by atoms with E-state index in [-0.39, 0.29) is 24.8 Å². The van der Waals surface area contributed by atoms with E-state index in [1.165, 1.54) is 0 Å². The van der Waals surface area contributed by atoms with Crippen molar-refractivity contribution in [1.82, 2.24) is 5.32 Å². The summed E-state index contributed by atoms with van der Waals surface area (Å²) in [5.74, 6) is 0.385. The lowest BCUT2D eigenvalue weighted by atomic mass is 10.2. The second-order valence-corrected chi connectivity index (χ2v) is 7.20. The molecule has 0 radical (unpaired) electrons. The van der Waals surface area contributed by atoms with Gasteiger partial charge in [0.1, 0.15) is 5.75 Å². The normalized spacial score (nSPS) is 20.5. The van der Waals surface area contributed by atoms with Crippen LogP contribution < -0.4 is 15.8 Å². The molecule has 1 aromatic carbocycles. The number of carbonyl (C=O) groups is 1. The van der Waals surface area contributed by atoms with Gasteiger partial charge in [0, 0.05) is 18.3 Å².